The molecule has 2 heterocycles. The summed E-state index contributed by atoms with van der Waals surface area (Å²) < 4.78 is 47.2. The number of hydrogen-bond acceptors (Lipinski definition) is 7. The van der Waals surface area contributed by atoms with Gasteiger partial charge in [-0.3, -0.25) is 5.32 Å². The molecule has 186 valence electrons. The van der Waals surface area contributed by atoms with E-state index in [1.165, 1.54) is 12.1 Å². The van der Waals surface area contributed by atoms with Crippen molar-refractivity contribution in [2.75, 3.05) is 5.32 Å². The fourth-order valence-corrected chi connectivity index (χ4v) is 5.75. The van der Waals surface area contributed by atoms with E-state index in [1.807, 2.05) is 25.2 Å². The number of carbonyl (C=O) groups excluding carboxylic acids is 1. The normalized spacial score (nSPS) is 25.7. The molecule has 0 saturated heterocycles. The number of halogens is 3. The molecule has 1 aromatic carbocycles. The molecule has 9 nitrogen and oxygen atoms in total. The third kappa shape index (κ3) is 4.38. The Labute approximate surface area is 206 Å². The van der Waals surface area contributed by atoms with Gasteiger partial charge in [-0.2, -0.15) is 0 Å². The number of thiazole rings is 1. The predicted molar refractivity (Wildman–Crippen MR) is 127 cm³/mol. The molecule has 36 heavy (non-hydrogen) atoms. The van der Waals surface area contributed by atoms with Gasteiger partial charge in [0, 0.05) is 22.6 Å². The summed E-state index contributed by atoms with van der Waals surface area (Å²) in [6, 6.07) is 3.72. The number of amides is 1. The molecule has 2 N–H and O–H groups in total. The molecular weight excluding hydrogens is 497 g/mol. The summed E-state index contributed by atoms with van der Waals surface area (Å²) in [5.41, 5.74) is 11.6. The minimum atomic E-state index is -4.80. The van der Waals surface area contributed by atoms with E-state index in [-0.39, 0.29) is 16.8 Å². The molecule has 1 amide bonds. The fraction of sp³-hybridized carbons (Fsp3) is 0.304. The van der Waals surface area contributed by atoms with Crippen LogP contribution in [-0.2, 0) is 4.74 Å². The molecule has 1 aliphatic heterocycles. The number of anilines is 1. The van der Waals surface area contributed by atoms with Crippen LogP contribution >= 0.6 is 11.3 Å². The topological polar surface area (TPSA) is 121 Å². The van der Waals surface area contributed by atoms with Crippen LogP contribution in [0.1, 0.15) is 19.8 Å². The first kappa shape index (κ1) is 23.8. The number of fused-ring (bicyclic) bond motifs is 4. The maximum absolute atomic E-state index is 12.5. The van der Waals surface area contributed by atoms with Crippen LogP contribution in [-0.4, -0.2) is 29.2 Å². The molecule has 13 heteroatoms. The zero-order chi connectivity index (χ0) is 25.5. The lowest BCUT2D eigenvalue weighted by Gasteiger charge is -2.46. The highest BCUT2D eigenvalue weighted by atomic mass is 32.1. The lowest BCUT2D eigenvalue weighted by molar-refractivity contribution is -0.274. The van der Waals surface area contributed by atoms with Crippen LogP contribution in [0.15, 0.2) is 70.5 Å². The molecule has 2 aromatic rings. The number of benzene rings is 1. The molecular formula is C23H19F3N6O3S. The smallest absolute Gasteiger partial charge is 0.422 e. The number of alkyl halides is 3. The minimum Gasteiger partial charge on any atom is -0.422 e. The number of allylic oxidation sites excluding steroid dienone is 3. The van der Waals surface area contributed by atoms with Gasteiger partial charge in [0.25, 0.3) is 0 Å². The van der Waals surface area contributed by atoms with Crippen molar-refractivity contribution in [3.63, 3.8) is 0 Å². The van der Waals surface area contributed by atoms with E-state index in [4.69, 9.17) is 4.74 Å². The lowest BCUT2D eigenvalue weighted by Crippen LogP contribution is -2.46. The predicted octanol–water partition coefficient (Wildman–Crippen LogP) is 6.46. The Morgan fingerprint density at radius 2 is 2.25 bits per heavy atom. The Hall–Kier alpha value is -3.96. The van der Waals surface area contributed by atoms with E-state index in [0.29, 0.717) is 23.1 Å². The maximum Gasteiger partial charge on any atom is 0.573 e. The van der Waals surface area contributed by atoms with Crippen molar-refractivity contribution < 1.29 is 27.4 Å². The van der Waals surface area contributed by atoms with Crippen LogP contribution in [0.5, 0.6) is 5.75 Å². The van der Waals surface area contributed by atoms with E-state index in [0.717, 1.165) is 34.2 Å². The molecule has 3 atom stereocenters. The number of dihydropyridines is 1. The van der Waals surface area contributed by atoms with Gasteiger partial charge in [-0.05, 0) is 49.1 Å². The molecule has 0 radical (unpaired) electrons. The fourth-order valence-electron chi connectivity index (χ4n) is 4.87. The van der Waals surface area contributed by atoms with E-state index in [1.54, 1.807) is 6.08 Å². The van der Waals surface area contributed by atoms with Gasteiger partial charge in [-0.1, -0.05) is 46.3 Å². The molecule has 5 rings (SSSR count). The molecule has 2 bridgehead atoms. The van der Waals surface area contributed by atoms with Gasteiger partial charge < -0.3 is 14.8 Å². The van der Waals surface area contributed by atoms with E-state index in [2.05, 4.69) is 36.5 Å². The van der Waals surface area contributed by atoms with Crippen molar-refractivity contribution in [1.29, 1.82) is 0 Å². The Morgan fingerprint density at radius 1 is 1.42 bits per heavy atom. The molecule has 2 aliphatic carbocycles. The first-order valence-electron chi connectivity index (χ1n) is 10.9. The third-order valence-corrected chi connectivity index (χ3v) is 7.10. The highest BCUT2D eigenvalue weighted by molar-refractivity contribution is 7.22. The number of ether oxygens (including phenoxy) is 2. The summed E-state index contributed by atoms with van der Waals surface area (Å²) in [7, 11) is 0. The summed E-state index contributed by atoms with van der Waals surface area (Å²) in [6.07, 6.45) is 4.40. The summed E-state index contributed by atoms with van der Waals surface area (Å²) in [5, 5.41) is 10.1. The van der Waals surface area contributed by atoms with Gasteiger partial charge in [0.15, 0.2) is 11.4 Å². The maximum atomic E-state index is 12.5. The average molecular weight is 517 g/mol. The van der Waals surface area contributed by atoms with Crippen LogP contribution in [0.4, 0.5) is 23.1 Å². The molecule has 0 spiro atoms. The molecule has 0 saturated carbocycles. The van der Waals surface area contributed by atoms with Crippen LogP contribution in [0.2, 0.25) is 0 Å². The SMILES string of the molecule is C/C=C1\[C@@H]2C=CCC1(N=[N+]=[N-])C1=C(C2)NC(OC(=O)Nc2nc3ccc(OC(F)(F)F)cc3s2)C=C1. The Kier molecular flexibility index (Phi) is 5.89. The third-order valence-electron chi connectivity index (χ3n) is 6.17. The quantitative estimate of drug-likeness (QED) is 0.209. The van der Waals surface area contributed by atoms with E-state index < -0.39 is 24.2 Å². The number of aromatic nitrogens is 1. The summed E-state index contributed by atoms with van der Waals surface area (Å²) in [6.45, 7) is 1.93. The number of rotatable bonds is 4. The van der Waals surface area contributed by atoms with E-state index >= 15 is 0 Å². The molecule has 1 aromatic heterocycles. The highest BCUT2D eigenvalue weighted by Crippen LogP contribution is 2.50. The van der Waals surface area contributed by atoms with Crippen molar-refractivity contribution in [1.82, 2.24) is 10.3 Å². The van der Waals surface area contributed by atoms with Crippen LogP contribution < -0.4 is 15.4 Å². The second-order valence-electron chi connectivity index (χ2n) is 8.28. The second kappa shape index (κ2) is 8.92. The van der Waals surface area contributed by atoms with Crippen LogP contribution in [0.3, 0.4) is 0 Å². The molecule has 2 unspecified atom stereocenters. The van der Waals surface area contributed by atoms with E-state index in [9.17, 15) is 23.5 Å². The van der Waals surface area contributed by atoms with Gasteiger partial charge in [-0.15, -0.1) is 13.2 Å². The highest BCUT2D eigenvalue weighted by Gasteiger charge is 2.46. The Bertz CT molecular complexity index is 1410. The summed E-state index contributed by atoms with van der Waals surface area (Å²) in [5.74, 6) is -0.310. The van der Waals surface area contributed by atoms with Crippen LogP contribution in [0.25, 0.3) is 20.7 Å². The average Bonchev–Trinajstić information content (AvgIpc) is 3.19. The Balaban J connectivity index is 1.28. The minimum absolute atomic E-state index is 0.0652. The van der Waals surface area contributed by atoms with Gasteiger partial charge in [-0.25, -0.2) is 9.78 Å². The molecule has 0 fully saturated rings. The summed E-state index contributed by atoms with van der Waals surface area (Å²) in [4.78, 5) is 19.8. The zero-order valence-corrected chi connectivity index (χ0v) is 19.6. The lowest BCUT2D eigenvalue weighted by atomic mass is 9.64. The number of nitrogens with zero attached hydrogens (tertiary/aromatic N) is 4. The molecule has 3 aliphatic rings. The largest absolute Gasteiger partial charge is 0.573 e. The van der Waals surface area contributed by atoms with Crippen molar-refractivity contribution in [2.45, 2.75) is 37.9 Å². The monoisotopic (exact) mass is 516 g/mol. The van der Waals surface area contributed by atoms with Crippen molar-refractivity contribution in [3.05, 3.63) is 75.9 Å². The first-order chi connectivity index (χ1) is 17.2. The zero-order valence-electron chi connectivity index (χ0n) is 18.7. The van der Waals surface area contributed by atoms with Gasteiger partial charge in [0.2, 0.25) is 0 Å². The van der Waals surface area contributed by atoms with Gasteiger partial charge >= 0.3 is 12.5 Å². The van der Waals surface area contributed by atoms with Gasteiger partial charge in [0.05, 0.1) is 10.2 Å². The standard InChI is InChI=1S/C23H19F3N6O3S/c1-2-14-12-4-3-9-22(14,31-32-27)15-6-8-19(28-17(15)10-12)34-21(33)30-20-29-16-7-5-13(11-18(16)36-20)35-23(24,25)26/h2-8,11-12,19,28H,9-10H2,1H3,(H,29,30,33)/b14-2+/t12-,19?,22?/m1/s1. The Morgan fingerprint density at radius 3 is 3.00 bits per heavy atom. The van der Waals surface area contributed by atoms with Crippen molar-refractivity contribution in [2.24, 2.45) is 11.0 Å². The second-order valence-corrected chi connectivity index (χ2v) is 9.31. The van der Waals surface area contributed by atoms with Gasteiger partial charge in [0.1, 0.15) is 11.3 Å². The van der Waals surface area contributed by atoms with Crippen molar-refractivity contribution in [3.8, 4) is 5.75 Å². The first-order valence-corrected chi connectivity index (χ1v) is 11.7. The number of hydrogen-bond donors (Lipinski definition) is 2. The van der Waals surface area contributed by atoms with Crippen LogP contribution in [0, 0.1) is 5.92 Å². The summed E-state index contributed by atoms with van der Waals surface area (Å²) >= 11 is 0.986. The number of azide groups is 1. The van der Waals surface area contributed by atoms with Crippen molar-refractivity contribution >= 4 is 32.8 Å². The number of nitrogens with one attached hydrogen (secondary N) is 2. The number of carbonyl (C=O) groups is 1.